The molecule has 1 unspecified atom stereocenters. The summed E-state index contributed by atoms with van der Waals surface area (Å²) in [6.07, 6.45) is 4.37. The van der Waals surface area contributed by atoms with Gasteiger partial charge in [0.1, 0.15) is 5.82 Å². The Hall–Kier alpha value is -2.91. The number of carbonyl (C=O) groups is 1. The number of halogens is 1. The molecule has 0 radical (unpaired) electrons. The number of hydrogen-bond acceptors (Lipinski definition) is 5. The van der Waals surface area contributed by atoms with E-state index in [9.17, 15) is 14.4 Å². The van der Waals surface area contributed by atoms with E-state index in [4.69, 9.17) is 9.47 Å². The molecule has 0 aliphatic carbocycles. The molecule has 1 aliphatic heterocycles. The first-order chi connectivity index (χ1) is 16.8. The van der Waals surface area contributed by atoms with Crippen LogP contribution in [0.1, 0.15) is 61.9 Å². The van der Waals surface area contributed by atoms with Crippen LogP contribution < -0.4 is 9.47 Å². The van der Waals surface area contributed by atoms with Crippen molar-refractivity contribution in [1.82, 2.24) is 4.90 Å². The van der Waals surface area contributed by atoms with Crippen LogP contribution in [0.4, 0.5) is 4.39 Å². The fraction of sp³-hybridized carbons (Fsp3) is 0.517. The molecule has 1 fully saturated rings. The molecule has 0 amide bonds. The van der Waals surface area contributed by atoms with Crippen molar-refractivity contribution in [3.05, 3.63) is 59.4 Å². The highest BCUT2D eigenvalue weighted by molar-refractivity contribution is 5.97. The largest absolute Gasteiger partial charge is 0.493 e. The second kappa shape index (κ2) is 12.2. The molecule has 35 heavy (non-hydrogen) atoms. The van der Waals surface area contributed by atoms with Gasteiger partial charge in [0.25, 0.3) is 0 Å². The number of nitriles is 1. The summed E-state index contributed by atoms with van der Waals surface area (Å²) >= 11 is 0. The topological polar surface area (TPSA) is 62.6 Å². The van der Waals surface area contributed by atoms with Crippen molar-refractivity contribution >= 4 is 5.78 Å². The predicted octanol–water partition coefficient (Wildman–Crippen LogP) is 6.03. The van der Waals surface area contributed by atoms with Gasteiger partial charge >= 0.3 is 0 Å². The molecule has 1 aliphatic rings. The lowest BCUT2D eigenvalue weighted by atomic mass is 9.69. The number of likely N-dealkylation sites (tertiary alicyclic amines) is 1. The molecular formula is C29H37FN2O3. The summed E-state index contributed by atoms with van der Waals surface area (Å²) in [5.41, 5.74) is 0.975. The van der Waals surface area contributed by atoms with Gasteiger partial charge in [0.15, 0.2) is 17.3 Å². The molecule has 188 valence electrons. The molecule has 0 N–H and O–H groups in total. The van der Waals surface area contributed by atoms with Crippen molar-refractivity contribution in [2.75, 3.05) is 33.9 Å². The van der Waals surface area contributed by atoms with Crippen LogP contribution in [-0.2, 0) is 5.41 Å². The number of unbranched alkanes of at least 4 members (excludes halogenated alkanes) is 1. The quantitative estimate of drug-likeness (QED) is 0.290. The second-order valence-electron chi connectivity index (χ2n) is 9.75. The van der Waals surface area contributed by atoms with Crippen molar-refractivity contribution in [3.8, 4) is 17.6 Å². The number of rotatable bonds is 11. The molecule has 3 rings (SSSR count). The Kier molecular flexibility index (Phi) is 9.28. The Morgan fingerprint density at radius 2 is 1.74 bits per heavy atom. The van der Waals surface area contributed by atoms with Crippen LogP contribution in [0.2, 0.25) is 0 Å². The van der Waals surface area contributed by atoms with Crippen molar-refractivity contribution < 1.29 is 18.7 Å². The SMILES string of the molecule is COc1ccc(C(C#N)(CCCCN2CCC(C(=O)c3ccc(F)cc3)CC2)C(C)C)cc1OC. The zero-order chi connectivity index (χ0) is 25.4. The monoisotopic (exact) mass is 480 g/mol. The summed E-state index contributed by atoms with van der Waals surface area (Å²) in [4.78, 5) is 15.1. The average molecular weight is 481 g/mol. The Morgan fingerprint density at radius 1 is 1.09 bits per heavy atom. The van der Waals surface area contributed by atoms with Gasteiger partial charge in [0.05, 0.1) is 25.7 Å². The van der Waals surface area contributed by atoms with Gasteiger partial charge in [0.2, 0.25) is 0 Å². The van der Waals surface area contributed by atoms with Crippen molar-refractivity contribution in [2.24, 2.45) is 11.8 Å². The lowest BCUT2D eigenvalue weighted by Gasteiger charge is -2.33. The van der Waals surface area contributed by atoms with E-state index >= 15 is 0 Å². The standard InChI is InChI=1S/C29H37FN2O3/c1-21(2)29(20-31,24-9-12-26(34-3)27(19-24)35-4)15-5-6-16-32-17-13-23(14-18-32)28(33)22-7-10-25(30)11-8-22/h7-12,19,21,23H,5-6,13-18H2,1-4H3. The highest BCUT2D eigenvalue weighted by Gasteiger charge is 2.36. The number of methoxy groups -OCH3 is 2. The van der Waals surface area contributed by atoms with E-state index in [2.05, 4.69) is 24.8 Å². The van der Waals surface area contributed by atoms with Crippen LogP contribution in [0.3, 0.4) is 0 Å². The normalized spacial score (nSPS) is 16.5. The third kappa shape index (κ3) is 6.21. The Bertz CT molecular complexity index is 1020. The van der Waals surface area contributed by atoms with Gasteiger partial charge in [0, 0.05) is 11.5 Å². The van der Waals surface area contributed by atoms with E-state index in [1.807, 2.05) is 18.2 Å². The minimum Gasteiger partial charge on any atom is -0.493 e. The molecule has 5 nitrogen and oxygen atoms in total. The maximum atomic E-state index is 13.1. The molecule has 0 bridgehead atoms. The number of Topliss-reactive ketones (excluding diaryl/α,β-unsaturated/α-hetero) is 1. The summed E-state index contributed by atoms with van der Waals surface area (Å²) in [5, 5.41) is 10.2. The van der Waals surface area contributed by atoms with Gasteiger partial charge in [-0.3, -0.25) is 4.79 Å². The molecular weight excluding hydrogens is 443 g/mol. The fourth-order valence-corrected chi connectivity index (χ4v) is 5.14. The maximum Gasteiger partial charge on any atom is 0.166 e. The summed E-state index contributed by atoms with van der Waals surface area (Å²) in [6, 6.07) is 14.3. The van der Waals surface area contributed by atoms with Crippen LogP contribution >= 0.6 is 0 Å². The third-order valence-electron chi connectivity index (χ3n) is 7.47. The van der Waals surface area contributed by atoms with Gasteiger partial charge in [-0.2, -0.15) is 5.26 Å². The van der Waals surface area contributed by atoms with E-state index in [1.54, 1.807) is 26.4 Å². The van der Waals surface area contributed by atoms with E-state index in [-0.39, 0.29) is 23.4 Å². The van der Waals surface area contributed by atoms with Crippen LogP contribution in [-0.4, -0.2) is 44.5 Å². The minimum absolute atomic E-state index is 0.00828. The number of hydrogen-bond donors (Lipinski definition) is 0. The molecule has 2 aromatic rings. The van der Waals surface area contributed by atoms with E-state index in [1.165, 1.54) is 12.1 Å². The summed E-state index contributed by atoms with van der Waals surface area (Å²) in [7, 11) is 3.22. The summed E-state index contributed by atoms with van der Waals surface area (Å²) in [6.45, 7) is 6.94. The van der Waals surface area contributed by atoms with E-state index < -0.39 is 5.41 Å². The van der Waals surface area contributed by atoms with Crippen molar-refractivity contribution in [1.29, 1.82) is 5.26 Å². The molecule has 0 aromatic heterocycles. The molecule has 0 saturated carbocycles. The number of ether oxygens (including phenoxy) is 2. The first-order valence-corrected chi connectivity index (χ1v) is 12.5. The van der Waals surface area contributed by atoms with Crippen LogP contribution in [0.25, 0.3) is 0 Å². The lowest BCUT2D eigenvalue weighted by Crippen LogP contribution is -2.37. The van der Waals surface area contributed by atoms with Crippen molar-refractivity contribution in [3.63, 3.8) is 0 Å². The number of carbonyl (C=O) groups excluding carboxylic acids is 1. The van der Waals surface area contributed by atoms with Gasteiger partial charge < -0.3 is 14.4 Å². The predicted molar refractivity (Wildman–Crippen MR) is 135 cm³/mol. The molecule has 1 saturated heterocycles. The Morgan fingerprint density at radius 3 is 2.31 bits per heavy atom. The second-order valence-corrected chi connectivity index (χ2v) is 9.75. The van der Waals surface area contributed by atoms with Gasteiger partial charge in [-0.15, -0.1) is 0 Å². The number of piperidine rings is 1. The van der Waals surface area contributed by atoms with Crippen LogP contribution in [0, 0.1) is 29.0 Å². The zero-order valence-corrected chi connectivity index (χ0v) is 21.4. The van der Waals surface area contributed by atoms with E-state index in [0.29, 0.717) is 17.1 Å². The van der Waals surface area contributed by atoms with Crippen molar-refractivity contribution in [2.45, 2.75) is 51.4 Å². The highest BCUT2D eigenvalue weighted by atomic mass is 19.1. The van der Waals surface area contributed by atoms with Gasteiger partial charge in [-0.05, 0) is 93.2 Å². The molecule has 0 spiro atoms. The molecule has 6 heteroatoms. The van der Waals surface area contributed by atoms with E-state index in [0.717, 1.165) is 57.3 Å². The first kappa shape index (κ1) is 26.7. The number of nitrogens with zero attached hydrogens (tertiary/aromatic N) is 2. The maximum absolute atomic E-state index is 13.1. The smallest absolute Gasteiger partial charge is 0.166 e. The molecule has 1 heterocycles. The zero-order valence-electron chi connectivity index (χ0n) is 21.4. The third-order valence-corrected chi connectivity index (χ3v) is 7.47. The highest BCUT2D eigenvalue weighted by Crippen LogP contribution is 2.40. The van der Waals surface area contributed by atoms with Gasteiger partial charge in [-0.25, -0.2) is 4.39 Å². The molecule has 1 atom stereocenters. The minimum atomic E-state index is -0.589. The van der Waals surface area contributed by atoms with Crippen LogP contribution in [0.15, 0.2) is 42.5 Å². The average Bonchev–Trinajstić information content (AvgIpc) is 2.88. The Labute approximate surface area is 208 Å². The number of benzene rings is 2. The summed E-state index contributed by atoms with van der Waals surface area (Å²) < 4.78 is 24.0. The molecule has 2 aromatic carbocycles. The van der Waals surface area contributed by atoms with Gasteiger partial charge in [-0.1, -0.05) is 26.3 Å². The lowest BCUT2D eigenvalue weighted by molar-refractivity contribution is 0.0838. The Balaban J connectivity index is 1.53. The fourth-order valence-electron chi connectivity index (χ4n) is 5.14. The summed E-state index contributed by atoms with van der Waals surface area (Å²) in [5.74, 6) is 1.26. The first-order valence-electron chi connectivity index (χ1n) is 12.5. The van der Waals surface area contributed by atoms with Crippen LogP contribution in [0.5, 0.6) is 11.5 Å². The number of ketones is 1.